The molecule has 1 aliphatic heterocycles. The van der Waals surface area contributed by atoms with Crippen molar-refractivity contribution in [3.8, 4) is 0 Å². The van der Waals surface area contributed by atoms with Gasteiger partial charge in [0.2, 0.25) is 5.91 Å². The molecule has 0 aromatic heterocycles. The van der Waals surface area contributed by atoms with Gasteiger partial charge in [-0.05, 0) is 27.2 Å². The predicted octanol–water partition coefficient (Wildman–Crippen LogP) is 1.79. The molecule has 4 nitrogen and oxygen atoms in total. The molecule has 1 heterocycles. The summed E-state index contributed by atoms with van der Waals surface area (Å²) in [5.74, 6) is -0.512. The maximum Gasteiger partial charge on any atom is 0.408 e. The highest BCUT2D eigenvalue weighted by molar-refractivity contribution is 5.78. The van der Waals surface area contributed by atoms with E-state index in [4.69, 9.17) is 0 Å². The molecule has 1 saturated heterocycles. The fourth-order valence-electron chi connectivity index (χ4n) is 1.00. The molecule has 0 bridgehead atoms. The van der Waals surface area contributed by atoms with Crippen LogP contribution in [0.25, 0.3) is 0 Å². The molecular formula is C10H16F3NO3. The quantitative estimate of drug-likeness (QED) is 0.727. The minimum Gasteiger partial charge on any atom is -0.462 e. The molecule has 0 aliphatic carbocycles. The number of ether oxygens (including phenoxy) is 1. The first kappa shape index (κ1) is 15.7. The fraction of sp³-hybridized carbons (Fsp3) is 0.800. The first-order valence-electron chi connectivity index (χ1n) is 5.04. The lowest BCUT2D eigenvalue weighted by Gasteiger charge is -2.14. The van der Waals surface area contributed by atoms with Crippen LogP contribution in [0.4, 0.5) is 13.2 Å². The summed E-state index contributed by atoms with van der Waals surface area (Å²) >= 11 is 0. The number of amides is 1. The van der Waals surface area contributed by atoms with Crippen molar-refractivity contribution >= 4 is 12.4 Å². The van der Waals surface area contributed by atoms with Crippen molar-refractivity contribution in [2.45, 2.75) is 51.4 Å². The number of alkyl halides is 3. The van der Waals surface area contributed by atoms with Gasteiger partial charge in [0, 0.05) is 6.42 Å². The smallest absolute Gasteiger partial charge is 0.408 e. The molecule has 1 N–H and O–H groups in total. The maximum atomic E-state index is 11.7. The van der Waals surface area contributed by atoms with Crippen molar-refractivity contribution in [1.82, 2.24) is 5.32 Å². The summed E-state index contributed by atoms with van der Waals surface area (Å²) in [6.45, 7) is 5.92. The van der Waals surface area contributed by atoms with E-state index in [-0.39, 0.29) is 18.4 Å². The highest BCUT2D eigenvalue weighted by Crippen LogP contribution is 2.26. The molecule has 17 heavy (non-hydrogen) atoms. The van der Waals surface area contributed by atoms with Crippen LogP contribution in [0.15, 0.2) is 0 Å². The van der Waals surface area contributed by atoms with Gasteiger partial charge in [-0.1, -0.05) is 0 Å². The van der Waals surface area contributed by atoms with Gasteiger partial charge in [0.25, 0.3) is 6.47 Å². The largest absolute Gasteiger partial charge is 0.462 e. The van der Waals surface area contributed by atoms with E-state index in [1.54, 1.807) is 0 Å². The zero-order valence-electron chi connectivity index (χ0n) is 9.93. The van der Waals surface area contributed by atoms with Crippen molar-refractivity contribution in [2.24, 2.45) is 0 Å². The fourth-order valence-corrected chi connectivity index (χ4v) is 1.00. The molecule has 1 aliphatic rings. The molecule has 0 aromatic rings. The summed E-state index contributed by atoms with van der Waals surface area (Å²) in [5.41, 5.74) is -0.318. The number of carbonyl (C=O) groups is 2. The molecule has 0 aromatic carbocycles. The monoisotopic (exact) mass is 255 g/mol. The van der Waals surface area contributed by atoms with Crippen molar-refractivity contribution in [3.63, 3.8) is 0 Å². The molecule has 0 spiro atoms. The zero-order chi connectivity index (χ0) is 13.7. The van der Waals surface area contributed by atoms with E-state index in [0.717, 1.165) is 0 Å². The Balaban J connectivity index is 0.000000325. The molecule has 0 radical (unpaired) electrons. The van der Waals surface area contributed by atoms with Crippen molar-refractivity contribution < 1.29 is 27.5 Å². The van der Waals surface area contributed by atoms with Crippen LogP contribution in [-0.4, -0.2) is 30.2 Å². The average Bonchev–Trinajstić information content (AvgIpc) is 2.49. The molecule has 1 fully saturated rings. The van der Waals surface area contributed by atoms with Crippen LogP contribution in [0.5, 0.6) is 0 Å². The van der Waals surface area contributed by atoms with Gasteiger partial charge in [0.15, 0.2) is 0 Å². The van der Waals surface area contributed by atoms with E-state index >= 15 is 0 Å². The van der Waals surface area contributed by atoms with E-state index in [2.05, 4.69) is 4.74 Å². The minimum absolute atomic E-state index is 0.00975. The van der Waals surface area contributed by atoms with Crippen LogP contribution in [0.3, 0.4) is 0 Å². The van der Waals surface area contributed by atoms with Gasteiger partial charge in [0.1, 0.15) is 11.6 Å². The molecule has 1 amide bonds. The summed E-state index contributed by atoms with van der Waals surface area (Å²) in [6, 6.07) is -1.61. The van der Waals surface area contributed by atoms with E-state index in [0.29, 0.717) is 6.47 Å². The predicted molar refractivity (Wildman–Crippen MR) is 54.1 cm³/mol. The molecule has 7 heteroatoms. The molecule has 1 rings (SSSR count). The number of hydrogen-bond donors (Lipinski definition) is 1. The Morgan fingerprint density at radius 2 is 1.88 bits per heavy atom. The van der Waals surface area contributed by atoms with Crippen LogP contribution >= 0.6 is 0 Å². The SMILES string of the molecule is CC(C)(C)OC=O.O=C1CC[C@@H](C(F)(F)F)N1. The van der Waals surface area contributed by atoms with Crippen LogP contribution in [0.1, 0.15) is 33.6 Å². The van der Waals surface area contributed by atoms with Crippen molar-refractivity contribution in [3.05, 3.63) is 0 Å². The second-order valence-corrected chi connectivity index (χ2v) is 4.53. The lowest BCUT2D eigenvalue weighted by Crippen LogP contribution is -2.38. The Morgan fingerprint density at radius 3 is 2.00 bits per heavy atom. The second-order valence-electron chi connectivity index (χ2n) is 4.53. The average molecular weight is 255 g/mol. The van der Waals surface area contributed by atoms with Gasteiger partial charge in [0.05, 0.1) is 0 Å². The standard InChI is InChI=1S/C5H6F3NO.C5H10O2/c6-5(7,8)3-1-2-4(10)9-3;1-5(2,3)7-4-6/h3H,1-2H2,(H,9,10);4H,1-3H3/t3-;/m0./s1. The van der Waals surface area contributed by atoms with E-state index in [1.165, 1.54) is 0 Å². The summed E-state index contributed by atoms with van der Waals surface area (Å²) < 4.78 is 39.7. The molecule has 0 unspecified atom stereocenters. The Morgan fingerprint density at radius 1 is 1.35 bits per heavy atom. The molecule has 100 valence electrons. The van der Waals surface area contributed by atoms with E-state index in [1.807, 2.05) is 26.1 Å². The highest BCUT2D eigenvalue weighted by Gasteiger charge is 2.43. The third kappa shape index (κ3) is 7.59. The second kappa shape index (κ2) is 5.88. The number of carbonyl (C=O) groups excluding carboxylic acids is 2. The summed E-state index contributed by atoms with van der Waals surface area (Å²) in [4.78, 5) is 19.9. The minimum atomic E-state index is -4.27. The Bertz CT molecular complexity index is 271. The van der Waals surface area contributed by atoms with Crippen LogP contribution < -0.4 is 5.32 Å². The van der Waals surface area contributed by atoms with Crippen LogP contribution in [0.2, 0.25) is 0 Å². The lowest BCUT2D eigenvalue weighted by molar-refractivity contribution is -0.154. The van der Waals surface area contributed by atoms with Crippen molar-refractivity contribution in [2.75, 3.05) is 0 Å². The van der Waals surface area contributed by atoms with Gasteiger partial charge in [-0.2, -0.15) is 13.2 Å². The summed E-state index contributed by atoms with van der Waals surface area (Å²) in [7, 11) is 0. The number of rotatable bonds is 1. The topological polar surface area (TPSA) is 55.4 Å². The zero-order valence-corrected chi connectivity index (χ0v) is 9.93. The van der Waals surface area contributed by atoms with Gasteiger partial charge >= 0.3 is 6.18 Å². The Hall–Kier alpha value is -1.27. The first-order valence-corrected chi connectivity index (χ1v) is 5.04. The maximum absolute atomic E-state index is 11.7. The van der Waals surface area contributed by atoms with E-state index < -0.39 is 18.1 Å². The number of halogens is 3. The van der Waals surface area contributed by atoms with Crippen LogP contribution in [-0.2, 0) is 14.3 Å². The normalized spacial score (nSPS) is 20.1. The van der Waals surface area contributed by atoms with Gasteiger partial charge < -0.3 is 10.1 Å². The van der Waals surface area contributed by atoms with Gasteiger partial charge in [-0.25, -0.2) is 0 Å². The molecule has 0 saturated carbocycles. The molecular weight excluding hydrogens is 239 g/mol. The van der Waals surface area contributed by atoms with E-state index in [9.17, 15) is 22.8 Å². The summed E-state index contributed by atoms with van der Waals surface area (Å²) in [6.07, 6.45) is -4.40. The third-order valence-corrected chi connectivity index (χ3v) is 1.79. The van der Waals surface area contributed by atoms with Crippen LogP contribution in [0, 0.1) is 0 Å². The van der Waals surface area contributed by atoms with Gasteiger partial charge in [-0.3, -0.25) is 9.59 Å². The summed E-state index contributed by atoms with van der Waals surface area (Å²) in [5, 5.41) is 1.83. The van der Waals surface area contributed by atoms with Gasteiger partial charge in [-0.15, -0.1) is 0 Å². The Kier molecular flexibility index (Phi) is 5.44. The third-order valence-electron chi connectivity index (χ3n) is 1.79. The highest BCUT2D eigenvalue weighted by atomic mass is 19.4. The van der Waals surface area contributed by atoms with Crippen molar-refractivity contribution in [1.29, 1.82) is 0 Å². The number of nitrogens with one attached hydrogen (secondary N) is 1. The lowest BCUT2D eigenvalue weighted by atomic mass is 10.2. The Labute approximate surface area is 97.5 Å². The number of hydrogen-bond acceptors (Lipinski definition) is 3. The first-order chi connectivity index (χ1) is 7.56. The molecule has 1 atom stereocenters.